The molecule has 1 atom stereocenters. The van der Waals surface area contributed by atoms with E-state index in [0.29, 0.717) is 11.1 Å². The summed E-state index contributed by atoms with van der Waals surface area (Å²) in [6.45, 7) is 1.70. The molecule has 6 nitrogen and oxygen atoms in total. The normalized spacial score (nSPS) is 14.9. The van der Waals surface area contributed by atoms with E-state index in [1.807, 2.05) is 0 Å². The molecule has 0 aromatic heterocycles. The zero-order chi connectivity index (χ0) is 19.6. The SMILES string of the molecule is CC(NC(=O)c1ccc(CN2C(=O)CNC2=O)cc1)c1ccc(F)cc1F. The molecule has 0 spiro atoms. The van der Waals surface area contributed by atoms with Gasteiger partial charge in [0.15, 0.2) is 0 Å². The lowest BCUT2D eigenvalue weighted by molar-refractivity contribution is -0.125. The maximum Gasteiger partial charge on any atom is 0.324 e. The number of amides is 4. The molecule has 0 aliphatic carbocycles. The van der Waals surface area contributed by atoms with E-state index in [9.17, 15) is 23.2 Å². The van der Waals surface area contributed by atoms with Crippen molar-refractivity contribution in [3.63, 3.8) is 0 Å². The Balaban J connectivity index is 1.65. The van der Waals surface area contributed by atoms with Gasteiger partial charge in [0.2, 0.25) is 5.91 Å². The van der Waals surface area contributed by atoms with Gasteiger partial charge in [0.25, 0.3) is 5.91 Å². The Labute approximate surface area is 154 Å². The van der Waals surface area contributed by atoms with E-state index in [1.54, 1.807) is 31.2 Å². The number of nitrogens with one attached hydrogen (secondary N) is 2. The highest BCUT2D eigenvalue weighted by Crippen LogP contribution is 2.18. The van der Waals surface area contributed by atoms with Gasteiger partial charge >= 0.3 is 6.03 Å². The van der Waals surface area contributed by atoms with Crippen LogP contribution in [-0.2, 0) is 11.3 Å². The molecule has 1 heterocycles. The van der Waals surface area contributed by atoms with Crippen LogP contribution >= 0.6 is 0 Å². The van der Waals surface area contributed by atoms with Crippen LogP contribution in [0.5, 0.6) is 0 Å². The van der Waals surface area contributed by atoms with Crippen LogP contribution in [0.3, 0.4) is 0 Å². The van der Waals surface area contributed by atoms with Crippen LogP contribution < -0.4 is 10.6 Å². The van der Waals surface area contributed by atoms with Crippen LogP contribution in [0.25, 0.3) is 0 Å². The zero-order valence-corrected chi connectivity index (χ0v) is 14.5. The lowest BCUT2D eigenvalue weighted by Gasteiger charge is -2.16. The van der Waals surface area contributed by atoms with Gasteiger partial charge in [0.05, 0.1) is 19.1 Å². The molecule has 2 N–H and O–H groups in total. The third-order valence-corrected chi connectivity index (χ3v) is 4.27. The molecule has 1 saturated heterocycles. The number of nitrogens with zero attached hydrogens (tertiary/aromatic N) is 1. The lowest BCUT2D eigenvalue weighted by Crippen LogP contribution is -2.30. The average Bonchev–Trinajstić information content (AvgIpc) is 2.94. The van der Waals surface area contributed by atoms with Crippen molar-refractivity contribution in [2.75, 3.05) is 6.54 Å². The lowest BCUT2D eigenvalue weighted by atomic mass is 10.1. The summed E-state index contributed by atoms with van der Waals surface area (Å²) in [6.07, 6.45) is 0. The smallest absolute Gasteiger partial charge is 0.324 e. The summed E-state index contributed by atoms with van der Waals surface area (Å²) in [5.41, 5.74) is 1.21. The quantitative estimate of drug-likeness (QED) is 0.791. The maximum atomic E-state index is 13.8. The van der Waals surface area contributed by atoms with Crippen LogP contribution in [0, 0.1) is 11.6 Å². The molecule has 2 aromatic carbocycles. The van der Waals surface area contributed by atoms with E-state index < -0.39 is 29.6 Å². The first-order valence-corrected chi connectivity index (χ1v) is 8.28. The third-order valence-electron chi connectivity index (χ3n) is 4.27. The molecule has 3 rings (SSSR count). The minimum Gasteiger partial charge on any atom is -0.345 e. The van der Waals surface area contributed by atoms with Gasteiger partial charge in [-0.15, -0.1) is 0 Å². The summed E-state index contributed by atoms with van der Waals surface area (Å²) in [5.74, 6) is -2.15. The highest BCUT2D eigenvalue weighted by molar-refractivity contribution is 6.01. The van der Waals surface area contributed by atoms with Gasteiger partial charge in [0, 0.05) is 17.2 Å². The minimum atomic E-state index is -0.730. The summed E-state index contributed by atoms with van der Waals surface area (Å²) in [5, 5.41) is 5.08. The van der Waals surface area contributed by atoms with Gasteiger partial charge in [-0.05, 0) is 30.7 Å². The number of imide groups is 1. The summed E-state index contributed by atoms with van der Waals surface area (Å²) in [6, 6.07) is 8.47. The molecule has 0 bridgehead atoms. The largest absolute Gasteiger partial charge is 0.345 e. The number of hydrogen-bond donors (Lipinski definition) is 2. The average molecular weight is 373 g/mol. The molecule has 1 unspecified atom stereocenters. The van der Waals surface area contributed by atoms with Crippen molar-refractivity contribution in [1.29, 1.82) is 0 Å². The monoisotopic (exact) mass is 373 g/mol. The van der Waals surface area contributed by atoms with E-state index in [2.05, 4.69) is 10.6 Å². The van der Waals surface area contributed by atoms with Crippen molar-refractivity contribution in [3.8, 4) is 0 Å². The molecule has 1 aliphatic rings. The molecule has 2 aromatic rings. The van der Waals surface area contributed by atoms with Crippen LogP contribution in [-0.4, -0.2) is 29.3 Å². The fourth-order valence-electron chi connectivity index (χ4n) is 2.77. The molecule has 4 amide bonds. The molecule has 140 valence electrons. The van der Waals surface area contributed by atoms with E-state index in [1.165, 1.54) is 6.07 Å². The number of hydrogen-bond acceptors (Lipinski definition) is 3. The molecule has 1 fully saturated rings. The predicted molar refractivity (Wildman–Crippen MR) is 92.6 cm³/mol. The highest BCUT2D eigenvalue weighted by Gasteiger charge is 2.28. The number of carbonyl (C=O) groups excluding carboxylic acids is 3. The van der Waals surface area contributed by atoms with Gasteiger partial charge in [-0.2, -0.15) is 0 Å². The third kappa shape index (κ3) is 4.11. The van der Waals surface area contributed by atoms with E-state index in [4.69, 9.17) is 0 Å². The Bertz CT molecular complexity index is 884. The molecular weight excluding hydrogens is 356 g/mol. The Hall–Kier alpha value is -3.29. The molecule has 0 radical (unpaired) electrons. The topological polar surface area (TPSA) is 78.5 Å². The summed E-state index contributed by atoms with van der Waals surface area (Å²) < 4.78 is 26.8. The summed E-state index contributed by atoms with van der Waals surface area (Å²) in [7, 11) is 0. The van der Waals surface area contributed by atoms with Gasteiger partial charge in [-0.25, -0.2) is 13.6 Å². The van der Waals surface area contributed by atoms with Gasteiger partial charge in [-0.1, -0.05) is 18.2 Å². The van der Waals surface area contributed by atoms with Crippen LogP contribution in [0.1, 0.15) is 34.5 Å². The van der Waals surface area contributed by atoms with Crippen LogP contribution in [0.15, 0.2) is 42.5 Å². The summed E-state index contributed by atoms with van der Waals surface area (Å²) >= 11 is 0. The molecule has 27 heavy (non-hydrogen) atoms. The maximum absolute atomic E-state index is 13.8. The molecule has 0 saturated carbocycles. The van der Waals surface area contributed by atoms with E-state index in [-0.39, 0.29) is 24.6 Å². The van der Waals surface area contributed by atoms with Crippen molar-refractivity contribution < 1.29 is 23.2 Å². The second-order valence-corrected chi connectivity index (χ2v) is 6.20. The molecular formula is C19H17F2N3O3. The Morgan fingerprint density at radius 3 is 2.48 bits per heavy atom. The Morgan fingerprint density at radius 2 is 1.89 bits per heavy atom. The second kappa shape index (κ2) is 7.53. The number of halogens is 2. The molecule has 8 heteroatoms. The van der Waals surface area contributed by atoms with Gasteiger partial charge in [0.1, 0.15) is 11.6 Å². The fourth-order valence-corrected chi connectivity index (χ4v) is 2.77. The van der Waals surface area contributed by atoms with Crippen molar-refractivity contribution in [2.45, 2.75) is 19.5 Å². The van der Waals surface area contributed by atoms with Crippen molar-refractivity contribution in [1.82, 2.24) is 15.5 Å². The van der Waals surface area contributed by atoms with Gasteiger partial charge < -0.3 is 10.6 Å². The first-order valence-electron chi connectivity index (χ1n) is 8.28. The fraction of sp³-hybridized carbons (Fsp3) is 0.211. The highest BCUT2D eigenvalue weighted by atomic mass is 19.1. The number of benzene rings is 2. The van der Waals surface area contributed by atoms with Crippen LogP contribution in [0.2, 0.25) is 0 Å². The number of urea groups is 1. The molecule has 1 aliphatic heterocycles. The second-order valence-electron chi connectivity index (χ2n) is 6.20. The van der Waals surface area contributed by atoms with Crippen molar-refractivity contribution >= 4 is 17.8 Å². The zero-order valence-electron chi connectivity index (χ0n) is 14.5. The predicted octanol–water partition coefficient (Wildman–Crippen LogP) is 2.51. The number of rotatable bonds is 5. The van der Waals surface area contributed by atoms with Crippen LogP contribution in [0.4, 0.5) is 13.6 Å². The van der Waals surface area contributed by atoms with E-state index in [0.717, 1.165) is 17.0 Å². The van der Waals surface area contributed by atoms with Gasteiger partial charge in [-0.3, -0.25) is 14.5 Å². The van der Waals surface area contributed by atoms with Crippen molar-refractivity contribution in [2.24, 2.45) is 0 Å². The standard InChI is InChI=1S/C19H17F2N3O3/c1-11(15-7-6-14(20)8-16(15)21)23-18(26)13-4-2-12(3-5-13)10-24-17(25)9-22-19(24)27/h2-8,11H,9-10H2,1H3,(H,22,27)(H,23,26). The first-order chi connectivity index (χ1) is 12.8. The summed E-state index contributed by atoms with van der Waals surface area (Å²) in [4.78, 5) is 36.6. The first kappa shape index (κ1) is 18.5. The minimum absolute atomic E-state index is 0.0167. The Kier molecular flexibility index (Phi) is 5.16. The van der Waals surface area contributed by atoms with E-state index >= 15 is 0 Å². The Morgan fingerprint density at radius 1 is 1.19 bits per heavy atom. The number of carbonyl (C=O) groups is 3. The van der Waals surface area contributed by atoms with Crippen molar-refractivity contribution in [3.05, 3.63) is 70.8 Å².